The van der Waals surface area contributed by atoms with Crippen LogP contribution in [-0.4, -0.2) is 55.2 Å². The van der Waals surface area contributed by atoms with E-state index >= 15 is 0 Å². The summed E-state index contributed by atoms with van der Waals surface area (Å²) < 4.78 is 30.7. The standard InChI is InChI=1S/C9H18N2O4S/c1-8(12)11-5-3-9(10-2,4-6-11)7-16(13,14)15/h10H,3-7H2,1-2H3,(H,13,14,15). The van der Waals surface area contributed by atoms with Crippen LogP contribution in [0.1, 0.15) is 19.8 Å². The second-order valence-electron chi connectivity index (χ2n) is 4.26. The molecule has 7 heteroatoms. The van der Waals surface area contributed by atoms with Crippen molar-refractivity contribution in [3.8, 4) is 0 Å². The van der Waals surface area contributed by atoms with Gasteiger partial charge in [0.05, 0.1) is 5.75 Å². The van der Waals surface area contributed by atoms with E-state index in [2.05, 4.69) is 5.32 Å². The Morgan fingerprint density at radius 3 is 2.25 bits per heavy atom. The average Bonchev–Trinajstić information content (AvgIpc) is 2.16. The molecule has 0 aromatic heterocycles. The van der Waals surface area contributed by atoms with Gasteiger partial charge in [-0.2, -0.15) is 8.42 Å². The fourth-order valence-corrected chi connectivity index (χ4v) is 3.20. The van der Waals surface area contributed by atoms with Gasteiger partial charge < -0.3 is 10.2 Å². The van der Waals surface area contributed by atoms with Crippen LogP contribution < -0.4 is 5.32 Å². The summed E-state index contributed by atoms with van der Waals surface area (Å²) in [6.07, 6.45) is 1.06. The topological polar surface area (TPSA) is 86.7 Å². The highest BCUT2D eigenvalue weighted by atomic mass is 32.2. The van der Waals surface area contributed by atoms with E-state index in [1.54, 1.807) is 11.9 Å². The molecule has 0 radical (unpaired) electrons. The molecule has 1 fully saturated rings. The molecule has 1 heterocycles. The molecular formula is C9H18N2O4S. The normalized spacial score (nSPS) is 20.8. The van der Waals surface area contributed by atoms with Crippen LogP contribution in [-0.2, 0) is 14.9 Å². The van der Waals surface area contributed by atoms with Crippen molar-refractivity contribution < 1.29 is 17.8 Å². The van der Waals surface area contributed by atoms with Crippen LogP contribution in [0.5, 0.6) is 0 Å². The first kappa shape index (κ1) is 13.4. The number of hydrogen-bond acceptors (Lipinski definition) is 4. The van der Waals surface area contributed by atoms with Crippen LogP contribution >= 0.6 is 0 Å². The Morgan fingerprint density at radius 1 is 1.44 bits per heavy atom. The van der Waals surface area contributed by atoms with Gasteiger partial charge in [0.15, 0.2) is 0 Å². The molecule has 2 N–H and O–H groups in total. The number of nitrogens with one attached hydrogen (secondary N) is 1. The van der Waals surface area contributed by atoms with Gasteiger partial charge in [-0.05, 0) is 19.9 Å². The highest BCUT2D eigenvalue weighted by Gasteiger charge is 2.37. The van der Waals surface area contributed by atoms with Crippen LogP contribution in [0.2, 0.25) is 0 Å². The molecule has 0 aromatic rings. The summed E-state index contributed by atoms with van der Waals surface area (Å²) in [7, 11) is -2.32. The van der Waals surface area contributed by atoms with Crippen LogP contribution in [0.15, 0.2) is 0 Å². The number of likely N-dealkylation sites (tertiary alicyclic amines) is 1. The molecule has 0 atom stereocenters. The maximum absolute atomic E-state index is 11.1. The Hall–Kier alpha value is -0.660. The lowest BCUT2D eigenvalue weighted by molar-refractivity contribution is -0.130. The molecule has 0 saturated carbocycles. The van der Waals surface area contributed by atoms with E-state index in [-0.39, 0.29) is 11.7 Å². The molecular weight excluding hydrogens is 232 g/mol. The van der Waals surface area contributed by atoms with Crippen LogP contribution in [0.3, 0.4) is 0 Å². The number of amides is 1. The molecule has 0 spiro atoms. The van der Waals surface area contributed by atoms with Gasteiger partial charge in [0.25, 0.3) is 10.1 Å². The highest BCUT2D eigenvalue weighted by Crippen LogP contribution is 2.23. The van der Waals surface area contributed by atoms with Gasteiger partial charge in [-0.1, -0.05) is 0 Å². The lowest BCUT2D eigenvalue weighted by Crippen LogP contribution is -2.56. The highest BCUT2D eigenvalue weighted by molar-refractivity contribution is 7.85. The third-order valence-corrected chi connectivity index (χ3v) is 4.07. The van der Waals surface area contributed by atoms with Gasteiger partial charge >= 0.3 is 0 Å². The first-order valence-corrected chi connectivity index (χ1v) is 6.78. The zero-order chi connectivity index (χ0) is 12.4. The maximum Gasteiger partial charge on any atom is 0.266 e. The number of hydrogen-bond donors (Lipinski definition) is 2. The molecule has 16 heavy (non-hydrogen) atoms. The van der Waals surface area contributed by atoms with Gasteiger partial charge in [0, 0.05) is 25.6 Å². The van der Waals surface area contributed by atoms with E-state index in [9.17, 15) is 13.2 Å². The molecule has 6 nitrogen and oxygen atoms in total. The lowest BCUT2D eigenvalue weighted by atomic mass is 9.89. The minimum absolute atomic E-state index is 0.00319. The molecule has 0 bridgehead atoms. The third-order valence-electron chi connectivity index (χ3n) is 3.15. The summed E-state index contributed by atoms with van der Waals surface area (Å²) in [5.41, 5.74) is -0.612. The Kier molecular flexibility index (Phi) is 3.92. The number of rotatable bonds is 3. The van der Waals surface area contributed by atoms with Crippen molar-refractivity contribution in [2.45, 2.75) is 25.3 Å². The van der Waals surface area contributed by atoms with Gasteiger partial charge in [-0.15, -0.1) is 0 Å². The third kappa shape index (κ3) is 3.43. The molecule has 0 aliphatic carbocycles. The van der Waals surface area contributed by atoms with Gasteiger partial charge in [0.2, 0.25) is 5.91 Å². The summed E-state index contributed by atoms with van der Waals surface area (Å²) >= 11 is 0. The second-order valence-corrected chi connectivity index (χ2v) is 5.72. The molecule has 1 aliphatic heterocycles. The smallest absolute Gasteiger partial charge is 0.266 e. The zero-order valence-electron chi connectivity index (χ0n) is 9.56. The monoisotopic (exact) mass is 250 g/mol. The molecule has 1 aliphatic rings. The summed E-state index contributed by atoms with van der Waals surface area (Å²) in [5, 5.41) is 2.96. The van der Waals surface area contributed by atoms with E-state index in [1.807, 2.05) is 0 Å². The average molecular weight is 250 g/mol. The second kappa shape index (κ2) is 4.68. The Labute approximate surface area is 95.8 Å². The van der Waals surface area contributed by atoms with Crippen molar-refractivity contribution in [2.75, 3.05) is 25.9 Å². The van der Waals surface area contributed by atoms with Crippen molar-refractivity contribution in [1.29, 1.82) is 0 Å². The van der Waals surface area contributed by atoms with E-state index in [0.717, 1.165) is 0 Å². The number of piperidine rings is 1. The maximum atomic E-state index is 11.1. The number of carbonyl (C=O) groups excluding carboxylic acids is 1. The number of carbonyl (C=O) groups is 1. The number of nitrogens with zero attached hydrogens (tertiary/aromatic N) is 1. The predicted molar refractivity (Wildman–Crippen MR) is 59.7 cm³/mol. The fraction of sp³-hybridized carbons (Fsp3) is 0.889. The quantitative estimate of drug-likeness (QED) is 0.658. The van der Waals surface area contributed by atoms with Gasteiger partial charge in [-0.25, -0.2) is 0 Å². The summed E-state index contributed by atoms with van der Waals surface area (Å²) in [5.74, 6) is -0.307. The van der Waals surface area contributed by atoms with Crippen molar-refractivity contribution in [1.82, 2.24) is 10.2 Å². The van der Waals surface area contributed by atoms with E-state index in [0.29, 0.717) is 25.9 Å². The molecule has 94 valence electrons. The van der Waals surface area contributed by atoms with Crippen molar-refractivity contribution in [3.05, 3.63) is 0 Å². The summed E-state index contributed by atoms with van der Waals surface area (Å²) in [4.78, 5) is 12.8. The van der Waals surface area contributed by atoms with Gasteiger partial charge in [-0.3, -0.25) is 9.35 Å². The van der Waals surface area contributed by atoms with Crippen molar-refractivity contribution in [3.63, 3.8) is 0 Å². The van der Waals surface area contributed by atoms with Crippen LogP contribution in [0.4, 0.5) is 0 Å². The van der Waals surface area contributed by atoms with Gasteiger partial charge in [0.1, 0.15) is 0 Å². The predicted octanol–water partition coefficient (Wildman–Crippen LogP) is -0.525. The molecule has 0 aromatic carbocycles. The van der Waals surface area contributed by atoms with Crippen LogP contribution in [0, 0.1) is 0 Å². The van der Waals surface area contributed by atoms with Crippen molar-refractivity contribution >= 4 is 16.0 Å². The Bertz CT molecular complexity index is 358. The van der Waals surface area contributed by atoms with E-state index in [1.165, 1.54) is 6.92 Å². The Balaban J connectivity index is 2.69. The fourth-order valence-electron chi connectivity index (χ4n) is 2.07. The first-order chi connectivity index (χ1) is 7.28. The minimum Gasteiger partial charge on any atom is -0.343 e. The zero-order valence-corrected chi connectivity index (χ0v) is 10.4. The van der Waals surface area contributed by atoms with Crippen LogP contribution in [0.25, 0.3) is 0 Å². The Morgan fingerprint density at radius 2 is 1.94 bits per heavy atom. The SMILES string of the molecule is CNC1(CS(=O)(=O)O)CCN(C(C)=O)CC1. The largest absolute Gasteiger partial charge is 0.343 e. The summed E-state index contributed by atoms with van der Waals surface area (Å²) in [6, 6.07) is 0. The first-order valence-electron chi connectivity index (χ1n) is 5.18. The van der Waals surface area contributed by atoms with E-state index in [4.69, 9.17) is 4.55 Å². The van der Waals surface area contributed by atoms with E-state index < -0.39 is 15.7 Å². The molecule has 0 unspecified atom stereocenters. The summed E-state index contributed by atoms with van der Waals surface area (Å²) in [6.45, 7) is 2.53. The minimum atomic E-state index is -4.00. The molecule has 1 amide bonds. The molecule has 1 rings (SSSR count). The van der Waals surface area contributed by atoms with Crippen molar-refractivity contribution in [2.24, 2.45) is 0 Å². The molecule has 1 saturated heterocycles. The lowest BCUT2D eigenvalue weighted by Gasteiger charge is -2.40.